The maximum atomic E-state index is 13.2. The first-order chi connectivity index (χ1) is 17.2. The van der Waals surface area contributed by atoms with Crippen LogP contribution in [-0.4, -0.2) is 74.1 Å². The van der Waals surface area contributed by atoms with E-state index < -0.39 is 11.9 Å². The van der Waals surface area contributed by atoms with Crippen molar-refractivity contribution in [2.24, 2.45) is 5.92 Å². The number of hydrogen-bond acceptors (Lipinski definition) is 8. The van der Waals surface area contributed by atoms with E-state index in [0.717, 1.165) is 61.2 Å². The van der Waals surface area contributed by atoms with E-state index >= 15 is 0 Å². The number of aryl methyl sites for hydroxylation is 1. The molecule has 1 amide bonds. The van der Waals surface area contributed by atoms with Gasteiger partial charge in [-0.3, -0.25) is 4.79 Å². The molecule has 0 aliphatic carbocycles. The van der Waals surface area contributed by atoms with Crippen LogP contribution < -0.4 is 9.80 Å². The van der Waals surface area contributed by atoms with Gasteiger partial charge in [0.05, 0.1) is 24.7 Å². The van der Waals surface area contributed by atoms with Crippen molar-refractivity contribution in [3.8, 4) is 0 Å². The van der Waals surface area contributed by atoms with E-state index in [1.165, 1.54) is 6.42 Å². The predicted octanol–water partition coefficient (Wildman–Crippen LogP) is 2.12. The highest BCUT2D eigenvalue weighted by Gasteiger charge is 2.36. The Morgan fingerprint density at radius 2 is 1.78 bits per heavy atom. The number of aliphatic carboxylic acids is 2. The van der Waals surface area contributed by atoms with Crippen LogP contribution in [0.5, 0.6) is 0 Å². The highest BCUT2D eigenvalue weighted by atomic mass is 35.5. The van der Waals surface area contributed by atoms with Crippen molar-refractivity contribution < 1.29 is 24.6 Å². The number of carbonyl (C=O) groups is 3. The number of nitrogens with zero attached hydrogens (tertiary/aromatic N) is 6. The number of rotatable bonds is 5. The van der Waals surface area contributed by atoms with Gasteiger partial charge in [0.25, 0.3) is 0 Å². The predicted molar refractivity (Wildman–Crippen MR) is 132 cm³/mol. The molecule has 2 N–H and O–H groups in total. The highest BCUT2D eigenvalue weighted by Crippen LogP contribution is 2.34. The number of anilines is 2. The molecule has 3 aliphatic rings. The van der Waals surface area contributed by atoms with Gasteiger partial charge in [0.2, 0.25) is 5.91 Å². The molecule has 0 bridgehead atoms. The first-order valence-electron chi connectivity index (χ1n) is 11.6. The molecule has 0 saturated carbocycles. The fraction of sp³-hybridized carbons (Fsp3) is 0.417. The normalized spacial score (nSPS) is 18.5. The fourth-order valence-electron chi connectivity index (χ4n) is 4.49. The summed E-state index contributed by atoms with van der Waals surface area (Å²) in [5, 5.41) is 16.1. The van der Waals surface area contributed by atoms with Gasteiger partial charge in [-0.25, -0.2) is 24.5 Å². The van der Waals surface area contributed by atoms with E-state index in [2.05, 4.69) is 24.8 Å². The second-order valence-electron chi connectivity index (χ2n) is 8.83. The summed E-state index contributed by atoms with van der Waals surface area (Å²) in [5.41, 5.74) is 3.18. The Balaban J connectivity index is 0.000000331. The van der Waals surface area contributed by atoms with Gasteiger partial charge in [-0.2, -0.15) is 0 Å². The second-order valence-corrected chi connectivity index (χ2v) is 9.22. The Morgan fingerprint density at radius 1 is 1.06 bits per heavy atom. The minimum Gasteiger partial charge on any atom is -0.478 e. The molecule has 5 heterocycles. The van der Waals surface area contributed by atoms with Crippen LogP contribution in [0, 0.1) is 12.8 Å². The van der Waals surface area contributed by atoms with E-state index in [1.54, 1.807) is 6.20 Å². The number of carboxylic acid groups (broad SMARTS) is 2. The maximum Gasteiger partial charge on any atom is 0.328 e. The molecule has 2 saturated heterocycles. The number of fused-ring (bicyclic) bond motifs is 1. The zero-order valence-corrected chi connectivity index (χ0v) is 20.6. The van der Waals surface area contributed by atoms with Gasteiger partial charge in [0, 0.05) is 55.8 Å². The number of halogens is 1. The van der Waals surface area contributed by atoms with Gasteiger partial charge >= 0.3 is 11.9 Å². The summed E-state index contributed by atoms with van der Waals surface area (Å²) in [7, 11) is 0. The molecule has 36 heavy (non-hydrogen) atoms. The molecule has 5 rings (SSSR count). The third-order valence-electron chi connectivity index (χ3n) is 6.32. The zero-order chi connectivity index (χ0) is 25.8. The minimum atomic E-state index is -1.26. The summed E-state index contributed by atoms with van der Waals surface area (Å²) in [4.78, 5) is 52.1. The molecular weight excluding hydrogens is 488 g/mol. The molecule has 190 valence electrons. The SMILES string of the molecule is Cc1nc2c(c(N3CCC3)n1)CN(C(=O)[C@@H]1CCN(c3ccnc(Cl)c3)C1)C2.O=C(O)/C=C/C(=O)O. The summed E-state index contributed by atoms with van der Waals surface area (Å²) >= 11 is 6.02. The summed E-state index contributed by atoms with van der Waals surface area (Å²) < 4.78 is 0. The van der Waals surface area contributed by atoms with Gasteiger partial charge in [0.1, 0.15) is 16.8 Å². The number of hydrogen-bond donors (Lipinski definition) is 2. The number of carboxylic acids is 2. The van der Waals surface area contributed by atoms with Gasteiger partial charge in [-0.05, 0) is 31.9 Å². The fourth-order valence-corrected chi connectivity index (χ4v) is 4.66. The molecule has 0 aromatic carbocycles. The lowest BCUT2D eigenvalue weighted by molar-refractivity contribution is -0.135. The van der Waals surface area contributed by atoms with Crippen molar-refractivity contribution in [1.29, 1.82) is 0 Å². The Bertz CT molecular complexity index is 1190. The molecule has 2 aromatic rings. The molecule has 0 unspecified atom stereocenters. The first kappa shape index (κ1) is 25.4. The van der Waals surface area contributed by atoms with Crippen LogP contribution in [-0.2, 0) is 27.5 Å². The topological polar surface area (TPSA) is 140 Å². The Labute approximate surface area is 213 Å². The van der Waals surface area contributed by atoms with Crippen molar-refractivity contribution in [2.45, 2.75) is 32.9 Å². The second kappa shape index (κ2) is 10.9. The van der Waals surface area contributed by atoms with Crippen LogP contribution in [0.1, 0.15) is 29.9 Å². The lowest BCUT2D eigenvalue weighted by atomic mass is 10.1. The maximum absolute atomic E-state index is 13.2. The van der Waals surface area contributed by atoms with E-state index in [4.69, 9.17) is 21.8 Å². The number of carbonyl (C=O) groups excluding carboxylic acids is 1. The van der Waals surface area contributed by atoms with E-state index in [1.807, 2.05) is 24.0 Å². The lowest BCUT2D eigenvalue weighted by Crippen LogP contribution is -2.39. The van der Waals surface area contributed by atoms with E-state index in [-0.39, 0.29) is 11.8 Å². The van der Waals surface area contributed by atoms with Crippen molar-refractivity contribution >= 4 is 41.0 Å². The van der Waals surface area contributed by atoms with Crippen molar-refractivity contribution in [3.63, 3.8) is 0 Å². The molecule has 0 radical (unpaired) electrons. The van der Waals surface area contributed by atoms with Gasteiger partial charge in [-0.15, -0.1) is 0 Å². The monoisotopic (exact) mass is 514 g/mol. The summed E-state index contributed by atoms with van der Waals surface area (Å²) in [6.45, 7) is 6.81. The number of aromatic nitrogens is 3. The van der Waals surface area contributed by atoms with Crippen LogP contribution >= 0.6 is 11.6 Å². The van der Waals surface area contributed by atoms with Crippen molar-refractivity contribution in [2.75, 3.05) is 36.0 Å². The third kappa shape index (κ3) is 5.91. The molecule has 2 aromatic heterocycles. The summed E-state index contributed by atoms with van der Waals surface area (Å²) in [6.07, 6.45) is 4.89. The van der Waals surface area contributed by atoms with Gasteiger partial charge < -0.3 is 24.9 Å². The third-order valence-corrected chi connectivity index (χ3v) is 6.53. The summed E-state index contributed by atoms with van der Waals surface area (Å²) in [6, 6.07) is 3.81. The van der Waals surface area contributed by atoms with Gasteiger partial charge in [0.15, 0.2) is 0 Å². The Kier molecular flexibility index (Phi) is 7.68. The molecule has 11 nitrogen and oxygen atoms in total. The number of amides is 1. The molecular formula is C24H27ClN6O5. The quantitative estimate of drug-likeness (QED) is 0.450. The van der Waals surface area contributed by atoms with E-state index in [9.17, 15) is 14.4 Å². The van der Waals surface area contributed by atoms with E-state index in [0.29, 0.717) is 30.4 Å². The molecule has 12 heteroatoms. The van der Waals surface area contributed by atoms with Crippen molar-refractivity contribution in [3.05, 3.63) is 52.7 Å². The molecule has 0 spiro atoms. The van der Waals surface area contributed by atoms with Crippen LogP contribution in [0.3, 0.4) is 0 Å². The van der Waals surface area contributed by atoms with Crippen LogP contribution in [0.15, 0.2) is 30.5 Å². The minimum absolute atomic E-state index is 0.00256. The average molecular weight is 515 g/mol. The first-order valence-corrected chi connectivity index (χ1v) is 12.0. The summed E-state index contributed by atoms with van der Waals surface area (Å²) in [5.74, 6) is -0.476. The van der Waals surface area contributed by atoms with Crippen LogP contribution in [0.4, 0.5) is 11.5 Å². The molecule has 1 atom stereocenters. The van der Waals surface area contributed by atoms with Crippen LogP contribution in [0.25, 0.3) is 0 Å². The Hall–Kier alpha value is -3.73. The number of pyridine rings is 1. The molecule has 3 aliphatic heterocycles. The Morgan fingerprint density at radius 3 is 2.39 bits per heavy atom. The lowest BCUT2D eigenvalue weighted by Gasteiger charge is -2.33. The zero-order valence-electron chi connectivity index (χ0n) is 19.8. The van der Waals surface area contributed by atoms with Gasteiger partial charge in [-0.1, -0.05) is 11.6 Å². The smallest absolute Gasteiger partial charge is 0.328 e. The van der Waals surface area contributed by atoms with Crippen LogP contribution in [0.2, 0.25) is 5.15 Å². The highest BCUT2D eigenvalue weighted by molar-refractivity contribution is 6.29. The molecule has 2 fully saturated rings. The average Bonchev–Trinajstić information content (AvgIpc) is 3.44. The standard InChI is InChI=1S/C20H23ClN6O.C4H4O4/c1-13-23-17-12-27(11-16(17)19(24-13)25-6-2-7-25)20(28)14-4-8-26(10-14)15-3-5-22-18(21)9-15;5-3(6)1-2-4(7)8/h3,5,9,14H,2,4,6-8,10-12H2,1H3;1-2H,(H,5,6)(H,7,8)/b;2-1+/t14-;/m1./s1. The largest absolute Gasteiger partial charge is 0.478 e. The van der Waals surface area contributed by atoms with Crippen molar-refractivity contribution in [1.82, 2.24) is 19.9 Å².